The molecule has 0 bridgehead atoms. The number of hydrogen-bond acceptors (Lipinski definition) is 5. The van der Waals surface area contributed by atoms with Gasteiger partial charge >= 0.3 is 0 Å². The molecule has 5 heteroatoms. The maximum Gasteiger partial charge on any atom is 0.174 e. The van der Waals surface area contributed by atoms with Gasteiger partial charge in [-0.3, -0.25) is 4.79 Å². The molecule has 0 aromatic carbocycles. The normalized spacial score (nSPS) is 15.1. The van der Waals surface area contributed by atoms with Crippen molar-refractivity contribution in [3.63, 3.8) is 0 Å². The van der Waals surface area contributed by atoms with Crippen molar-refractivity contribution in [2.75, 3.05) is 17.3 Å². The molecule has 3 N–H and O–H groups in total. The van der Waals surface area contributed by atoms with Crippen molar-refractivity contribution in [1.82, 2.24) is 0 Å². The Labute approximate surface area is 104 Å². The Kier molecular flexibility index (Phi) is 3.44. The fourth-order valence-electron chi connectivity index (χ4n) is 1.51. The quantitative estimate of drug-likeness (QED) is 0.627. The van der Waals surface area contributed by atoms with Gasteiger partial charge in [-0.05, 0) is 19.1 Å². The maximum absolute atomic E-state index is 11.7. The third-order valence-corrected chi connectivity index (χ3v) is 4.73. The number of rotatable bonds is 5. The van der Waals surface area contributed by atoms with Gasteiger partial charge in [-0.15, -0.1) is 23.1 Å². The average Bonchev–Trinajstić information content (AvgIpc) is 3.03. The number of Topliss-reactive ketones (excluding diaryl/α,β-unsaturated/α-hetero) is 1. The van der Waals surface area contributed by atoms with Crippen LogP contribution in [0.1, 0.15) is 35.9 Å². The lowest BCUT2D eigenvalue weighted by molar-refractivity contribution is 0.0992. The molecule has 1 fully saturated rings. The predicted molar refractivity (Wildman–Crippen MR) is 71.8 cm³/mol. The van der Waals surface area contributed by atoms with Crippen LogP contribution >= 0.6 is 23.1 Å². The summed E-state index contributed by atoms with van der Waals surface area (Å²) >= 11 is 3.12. The van der Waals surface area contributed by atoms with Crippen LogP contribution in [0.5, 0.6) is 0 Å². The van der Waals surface area contributed by atoms with Gasteiger partial charge in [0, 0.05) is 12.5 Å². The van der Waals surface area contributed by atoms with E-state index in [1.165, 1.54) is 24.2 Å². The highest BCUT2D eigenvalue weighted by Crippen LogP contribution is 2.43. The number of hydrogen-bond donors (Lipinski definition) is 2. The Balaban J connectivity index is 2.32. The van der Waals surface area contributed by atoms with E-state index in [2.05, 4.69) is 5.32 Å². The van der Waals surface area contributed by atoms with E-state index in [4.69, 9.17) is 5.73 Å². The fraction of sp³-hybridized carbons (Fsp3) is 0.545. The van der Waals surface area contributed by atoms with E-state index in [0.29, 0.717) is 18.2 Å². The molecule has 88 valence electrons. The first-order valence-electron chi connectivity index (χ1n) is 5.43. The van der Waals surface area contributed by atoms with Crippen molar-refractivity contribution < 1.29 is 4.79 Å². The van der Waals surface area contributed by atoms with Gasteiger partial charge in [0.1, 0.15) is 5.00 Å². The first-order chi connectivity index (χ1) is 7.67. The van der Waals surface area contributed by atoms with Gasteiger partial charge in [0.15, 0.2) is 5.78 Å². The number of nitrogens with two attached hydrogens (primary N) is 1. The lowest BCUT2D eigenvalue weighted by atomic mass is 10.2. The molecular formula is C11H16N2OS2. The molecule has 0 saturated heterocycles. The number of anilines is 2. The zero-order valence-electron chi connectivity index (χ0n) is 9.50. The van der Waals surface area contributed by atoms with Crippen LogP contribution in [0, 0.1) is 0 Å². The highest BCUT2D eigenvalue weighted by atomic mass is 32.2. The molecule has 0 radical (unpaired) electrons. The predicted octanol–water partition coefficient (Wildman–Crippen LogP) is 3.22. The smallest absolute Gasteiger partial charge is 0.174 e. The molecule has 0 spiro atoms. The minimum Gasteiger partial charge on any atom is -0.396 e. The monoisotopic (exact) mass is 256 g/mol. The largest absolute Gasteiger partial charge is 0.396 e. The summed E-state index contributed by atoms with van der Waals surface area (Å²) in [6.45, 7) is 1.87. The second kappa shape index (κ2) is 4.67. The second-order valence-corrected chi connectivity index (χ2v) is 5.74. The van der Waals surface area contributed by atoms with E-state index < -0.39 is 0 Å². The number of nitrogen functional groups attached to an aromatic ring is 1. The Morgan fingerprint density at radius 1 is 1.62 bits per heavy atom. The fourth-order valence-corrected chi connectivity index (χ4v) is 3.62. The first-order valence-corrected chi connectivity index (χ1v) is 7.47. The van der Waals surface area contributed by atoms with E-state index >= 15 is 0 Å². The van der Waals surface area contributed by atoms with E-state index in [0.717, 1.165) is 14.8 Å². The molecular weight excluding hydrogens is 240 g/mol. The molecule has 1 aromatic heterocycles. The number of carbonyl (C=O) groups is 1. The molecule has 0 aliphatic heterocycles. The van der Waals surface area contributed by atoms with E-state index in [1.54, 1.807) is 11.8 Å². The molecule has 1 heterocycles. The lowest BCUT2D eigenvalue weighted by Gasteiger charge is -2.03. The SMILES string of the molecule is CCC(=O)c1sc(NC2CC2)c(SC)c1N. The average molecular weight is 256 g/mol. The Morgan fingerprint density at radius 2 is 2.31 bits per heavy atom. The third kappa shape index (κ3) is 2.20. The van der Waals surface area contributed by atoms with Crippen LogP contribution in [0.2, 0.25) is 0 Å². The molecule has 1 aliphatic carbocycles. The maximum atomic E-state index is 11.7. The molecule has 0 atom stereocenters. The standard InChI is InChI=1S/C11H16N2OS2/c1-3-7(14)9-8(12)10(15-2)11(16-9)13-6-4-5-6/h6,13H,3-5,12H2,1-2H3. The lowest BCUT2D eigenvalue weighted by Crippen LogP contribution is -2.00. The number of ketones is 1. The zero-order chi connectivity index (χ0) is 11.7. The minimum absolute atomic E-state index is 0.140. The molecule has 2 rings (SSSR count). The van der Waals surface area contributed by atoms with E-state index in [1.807, 2.05) is 13.2 Å². The van der Waals surface area contributed by atoms with Crippen molar-refractivity contribution >= 4 is 39.6 Å². The summed E-state index contributed by atoms with van der Waals surface area (Å²) in [5, 5.41) is 4.51. The van der Waals surface area contributed by atoms with Gasteiger partial charge in [-0.2, -0.15) is 0 Å². The van der Waals surface area contributed by atoms with Crippen molar-refractivity contribution in [3.05, 3.63) is 4.88 Å². The van der Waals surface area contributed by atoms with Gasteiger partial charge in [0.05, 0.1) is 15.5 Å². The van der Waals surface area contributed by atoms with Crippen LogP contribution in [0.3, 0.4) is 0 Å². The summed E-state index contributed by atoms with van der Waals surface area (Å²) in [4.78, 5) is 13.5. The Hall–Kier alpha value is -0.680. The van der Waals surface area contributed by atoms with Crippen LogP contribution in [0.15, 0.2) is 4.90 Å². The molecule has 0 amide bonds. The second-order valence-electron chi connectivity index (χ2n) is 3.90. The molecule has 1 aliphatic rings. The van der Waals surface area contributed by atoms with Gasteiger partial charge in [0.25, 0.3) is 0 Å². The Morgan fingerprint density at radius 3 is 2.81 bits per heavy atom. The summed E-state index contributed by atoms with van der Waals surface area (Å²) in [5.41, 5.74) is 6.68. The van der Waals surface area contributed by atoms with Crippen molar-refractivity contribution in [3.8, 4) is 0 Å². The van der Waals surface area contributed by atoms with E-state index in [9.17, 15) is 4.79 Å². The van der Waals surface area contributed by atoms with Gasteiger partial charge in [-0.1, -0.05) is 6.92 Å². The van der Waals surface area contributed by atoms with Gasteiger partial charge < -0.3 is 11.1 Å². The highest BCUT2D eigenvalue weighted by molar-refractivity contribution is 7.99. The van der Waals surface area contributed by atoms with Gasteiger partial charge in [0.2, 0.25) is 0 Å². The summed E-state index contributed by atoms with van der Waals surface area (Å²) < 4.78 is 0. The molecule has 16 heavy (non-hydrogen) atoms. The zero-order valence-corrected chi connectivity index (χ0v) is 11.1. The van der Waals surface area contributed by atoms with Crippen LogP contribution in [-0.4, -0.2) is 18.1 Å². The van der Waals surface area contributed by atoms with E-state index in [-0.39, 0.29) is 5.78 Å². The highest BCUT2D eigenvalue weighted by Gasteiger charge is 2.26. The number of thioether (sulfide) groups is 1. The Bertz CT molecular complexity index is 410. The van der Waals surface area contributed by atoms with Crippen LogP contribution in [0.25, 0.3) is 0 Å². The number of nitrogens with one attached hydrogen (secondary N) is 1. The minimum atomic E-state index is 0.140. The summed E-state index contributed by atoms with van der Waals surface area (Å²) in [5.74, 6) is 0.140. The van der Waals surface area contributed by atoms with Crippen molar-refractivity contribution in [1.29, 1.82) is 0 Å². The summed E-state index contributed by atoms with van der Waals surface area (Å²) in [7, 11) is 0. The summed E-state index contributed by atoms with van der Waals surface area (Å²) in [6, 6.07) is 0.591. The molecule has 1 saturated carbocycles. The molecule has 1 aromatic rings. The topological polar surface area (TPSA) is 55.1 Å². The molecule has 0 unspecified atom stereocenters. The van der Waals surface area contributed by atoms with Crippen LogP contribution in [0.4, 0.5) is 10.7 Å². The van der Waals surface area contributed by atoms with Crippen molar-refractivity contribution in [2.24, 2.45) is 0 Å². The van der Waals surface area contributed by atoms with Gasteiger partial charge in [-0.25, -0.2) is 0 Å². The number of thiophene rings is 1. The van der Waals surface area contributed by atoms with Crippen LogP contribution < -0.4 is 11.1 Å². The first kappa shape index (κ1) is 11.8. The van der Waals surface area contributed by atoms with Crippen molar-refractivity contribution in [2.45, 2.75) is 37.1 Å². The van der Waals surface area contributed by atoms with Crippen LogP contribution in [-0.2, 0) is 0 Å². The third-order valence-electron chi connectivity index (χ3n) is 2.59. The number of carbonyl (C=O) groups excluding carboxylic acids is 1. The summed E-state index contributed by atoms with van der Waals surface area (Å²) in [6.07, 6.45) is 4.96. The molecule has 3 nitrogen and oxygen atoms in total.